The number of fused-ring (bicyclic) bond motifs is 4. The molecular formula is C30H35GeNSi. The van der Waals surface area contributed by atoms with E-state index in [0.29, 0.717) is 0 Å². The van der Waals surface area contributed by atoms with E-state index in [1.54, 1.807) is 14.0 Å². The molecule has 3 aromatic carbocycles. The molecule has 33 heavy (non-hydrogen) atoms. The molecule has 3 heteroatoms. The number of pyridine rings is 1. The van der Waals surface area contributed by atoms with Crippen molar-refractivity contribution in [2.75, 3.05) is 0 Å². The maximum atomic E-state index is 5.06. The van der Waals surface area contributed by atoms with Gasteiger partial charge in [-0.25, -0.2) is 0 Å². The van der Waals surface area contributed by atoms with Gasteiger partial charge >= 0.3 is 203 Å². The van der Waals surface area contributed by atoms with Crippen molar-refractivity contribution in [3.05, 3.63) is 72.4 Å². The fourth-order valence-corrected chi connectivity index (χ4v) is 14.0. The zero-order valence-corrected chi connectivity index (χ0v) is 24.4. The maximum absolute atomic E-state index is 5.06. The van der Waals surface area contributed by atoms with Gasteiger partial charge in [-0.05, 0) is 0 Å². The summed E-state index contributed by atoms with van der Waals surface area (Å²) >= 11 is -2.52. The Morgan fingerprint density at radius 1 is 0.818 bits per heavy atom. The van der Waals surface area contributed by atoms with E-state index in [0.717, 1.165) is 0 Å². The molecule has 0 radical (unpaired) electrons. The predicted octanol–water partition coefficient (Wildman–Crippen LogP) is 6.55. The van der Waals surface area contributed by atoms with Crippen molar-refractivity contribution in [3.63, 3.8) is 0 Å². The van der Waals surface area contributed by atoms with Gasteiger partial charge in [-0.3, -0.25) is 0 Å². The van der Waals surface area contributed by atoms with Crippen molar-refractivity contribution in [2.45, 2.75) is 57.3 Å². The van der Waals surface area contributed by atoms with Gasteiger partial charge in [0.2, 0.25) is 0 Å². The molecule has 1 aromatic heterocycles. The molecule has 0 atom stereocenters. The summed E-state index contributed by atoms with van der Waals surface area (Å²) in [5.41, 5.74) is 6.83. The van der Waals surface area contributed by atoms with Gasteiger partial charge in [0.05, 0.1) is 0 Å². The zero-order chi connectivity index (χ0) is 23.8. The Bertz CT molecular complexity index is 1400. The molecule has 0 unspecified atom stereocenters. The normalized spacial score (nSPS) is 14.9. The van der Waals surface area contributed by atoms with Crippen molar-refractivity contribution >= 4 is 46.1 Å². The molecule has 0 fully saturated rings. The van der Waals surface area contributed by atoms with Crippen LogP contribution in [-0.4, -0.2) is 26.3 Å². The van der Waals surface area contributed by atoms with Crippen LogP contribution in [-0.2, 0) is 5.41 Å². The van der Waals surface area contributed by atoms with Gasteiger partial charge in [-0.1, -0.05) is 0 Å². The minimum atomic E-state index is -2.52. The van der Waals surface area contributed by atoms with Crippen LogP contribution in [0.5, 0.6) is 0 Å². The Morgan fingerprint density at radius 3 is 2.24 bits per heavy atom. The topological polar surface area (TPSA) is 12.9 Å². The van der Waals surface area contributed by atoms with Crippen LogP contribution in [0, 0.1) is 0 Å². The summed E-state index contributed by atoms with van der Waals surface area (Å²) in [4.78, 5) is 5.06. The third-order valence-electron chi connectivity index (χ3n) is 7.37. The Kier molecular flexibility index (Phi) is 5.08. The second-order valence-corrected chi connectivity index (χ2v) is 26.3. The molecule has 5 rings (SSSR count). The van der Waals surface area contributed by atoms with Gasteiger partial charge in [0.15, 0.2) is 0 Å². The molecule has 0 amide bonds. The van der Waals surface area contributed by atoms with E-state index in [1.807, 2.05) is 6.20 Å². The second kappa shape index (κ2) is 7.41. The summed E-state index contributed by atoms with van der Waals surface area (Å²) in [6.45, 7) is 14.3. The molecule has 0 saturated carbocycles. The van der Waals surface area contributed by atoms with Crippen LogP contribution in [0.1, 0.15) is 26.3 Å². The second-order valence-electron chi connectivity index (χ2n) is 12.2. The van der Waals surface area contributed by atoms with Crippen molar-refractivity contribution in [2.24, 2.45) is 0 Å². The van der Waals surface area contributed by atoms with Crippen molar-refractivity contribution in [1.82, 2.24) is 4.98 Å². The van der Waals surface area contributed by atoms with Crippen LogP contribution < -0.4 is 14.0 Å². The summed E-state index contributed by atoms with van der Waals surface area (Å²) in [5, 5.41) is 4.23. The van der Waals surface area contributed by atoms with E-state index in [1.165, 1.54) is 38.7 Å². The molecule has 0 bridgehead atoms. The molecule has 1 nitrogen and oxygen atoms in total. The van der Waals surface area contributed by atoms with Crippen LogP contribution in [0.4, 0.5) is 0 Å². The van der Waals surface area contributed by atoms with Crippen molar-refractivity contribution in [1.29, 1.82) is 0 Å². The molecule has 0 aliphatic carbocycles. The molecular weight excluding hydrogens is 475 g/mol. The summed E-state index contributed by atoms with van der Waals surface area (Å²) in [6.07, 6.45) is 2.03. The predicted molar refractivity (Wildman–Crippen MR) is 151 cm³/mol. The minimum absolute atomic E-state index is 0.0692. The fourth-order valence-electron chi connectivity index (χ4n) is 5.50. The van der Waals surface area contributed by atoms with Gasteiger partial charge in [0.25, 0.3) is 0 Å². The number of benzene rings is 3. The van der Waals surface area contributed by atoms with E-state index in [2.05, 4.69) is 113 Å². The third-order valence-corrected chi connectivity index (χ3v) is 16.8. The first-order chi connectivity index (χ1) is 15.4. The van der Waals surface area contributed by atoms with E-state index in [4.69, 9.17) is 4.98 Å². The summed E-state index contributed by atoms with van der Waals surface area (Å²) in [6, 6.07) is 23.2. The molecule has 1 aliphatic rings. The first-order valence-electron chi connectivity index (χ1n) is 12.1. The molecule has 0 spiro atoms. The van der Waals surface area contributed by atoms with E-state index in [9.17, 15) is 0 Å². The van der Waals surface area contributed by atoms with Crippen LogP contribution >= 0.6 is 0 Å². The summed E-state index contributed by atoms with van der Waals surface area (Å²) < 4.78 is 3.19. The quantitative estimate of drug-likeness (QED) is 0.279. The SMILES string of the molecule is CC(C)(C)c1cc(-c2nccc3[c]2[Ge]([CH3])([CH3])[c]2cc([Si](C)(C)C)ccc2-3)cc2ccccc12. The monoisotopic (exact) mass is 511 g/mol. The molecule has 168 valence electrons. The van der Waals surface area contributed by atoms with Crippen LogP contribution in [0.2, 0.25) is 31.2 Å². The van der Waals surface area contributed by atoms with Gasteiger partial charge in [-0.2, -0.15) is 0 Å². The average molecular weight is 510 g/mol. The van der Waals surface area contributed by atoms with Crippen LogP contribution in [0.3, 0.4) is 0 Å². The Hall–Kier alpha value is -2.17. The van der Waals surface area contributed by atoms with E-state index >= 15 is 0 Å². The summed E-state index contributed by atoms with van der Waals surface area (Å²) in [5.74, 6) is 5.13. The van der Waals surface area contributed by atoms with Crippen molar-refractivity contribution < 1.29 is 0 Å². The Labute approximate surface area is 202 Å². The Balaban J connectivity index is 1.78. The zero-order valence-electron chi connectivity index (χ0n) is 21.3. The first kappa shape index (κ1) is 22.6. The van der Waals surface area contributed by atoms with Crippen LogP contribution in [0.15, 0.2) is 66.9 Å². The van der Waals surface area contributed by atoms with Gasteiger partial charge in [0, 0.05) is 0 Å². The van der Waals surface area contributed by atoms with E-state index < -0.39 is 21.3 Å². The number of rotatable bonds is 2. The van der Waals surface area contributed by atoms with E-state index in [-0.39, 0.29) is 5.41 Å². The number of aromatic nitrogens is 1. The number of hydrogen-bond donors (Lipinski definition) is 0. The van der Waals surface area contributed by atoms with Gasteiger partial charge in [-0.15, -0.1) is 0 Å². The molecule has 0 N–H and O–H groups in total. The van der Waals surface area contributed by atoms with Crippen molar-refractivity contribution in [3.8, 4) is 22.4 Å². The van der Waals surface area contributed by atoms with Gasteiger partial charge < -0.3 is 0 Å². The number of hydrogen-bond acceptors (Lipinski definition) is 1. The molecule has 2 heterocycles. The fraction of sp³-hybridized carbons (Fsp3) is 0.300. The summed E-state index contributed by atoms with van der Waals surface area (Å²) in [7, 11) is -1.36. The molecule has 4 aromatic rings. The standard InChI is InChI=1S/C30H35GeNSi/c1-30(2,3)26-18-21(17-20-11-9-10-12-23(20)26)29-28-25(15-16-32-29)24-14-13-22(33(6,7)8)19-27(24)31(28,4)5/h9-19H,1-8H3. The first-order valence-corrected chi connectivity index (χ1v) is 21.9. The number of nitrogens with zero attached hydrogens (tertiary/aromatic N) is 1. The Morgan fingerprint density at radius 2 is 1.55 bits per heavy atom. The van der Waals surface area contributed by atoms with Crippen LogP contribution in [0.25, 0.3) is 33.2 Å². The average Bonchev–Trinajstić information content (AvgIpc) is 2.98. The molecule has 1 aliphatic heterocycles. The third kappa shape index (κ3) is 3.63. The van der Waals surface area contributed by atoms with Gasteiger partial charge in [0.1, 0.15) is 0 Å². The molecule has 0 saturated heterocycles.